The maximum absolute atomic E-state index is 11.0. The van der Waals surface area contributed by atoms with Gasteiger partial charge in [0.25, 0.3) is 0 Å². The molecule has 2 aromatic carbocycles. The van der Waals surface area contributed by atoms with Gasteiger partial charge in [0.05, 0.1) is 22.0 Å². The van der Waals surface area contributed by atoms with Crippen molar-refractivity contribution in [3.8, 4) is 5.75 Å². The number of benzene rings is 2. The molecule has 0 saturated heterocycles. The Kier molecular flexibility index (Phi) is 5.01. The summed E-state index contributed by atoms with van der Waals surface area (Å²) in [4.78, 5) is 11.0. The van der Waals surface area contributed by atoms with Gasteiger partial charge in [0.1, 0.15) is 5.75 Å². The number of halogens is 1. The van der Waals surface area contributed by atoms with E-state index < -0.39 is 5.97 Å². The number of phenolic OH excluding ortho intramolecular Hbond substituents is 1. The van der Waals surface area contributed by atoms with Crippen molar-refractivity contribution in [2.75, 3.05) is 5.43 Å². The molecule has 0 aliphatic rings. The molecule has 0 amide bonds. The van der Waals surface area contributed by atoms with Crippen LogP contribution in [0.1, 0.15) is 29.3 Å². The summed E-state index contributed by atoms with van der Waals surface area (Å²) in [6, 6.07) is 11.0. The molecular weight excluding hydrogens is 304 g/mol. The highest BCUT2D eigenvalue weighted by Crippen LogP contribution is 2.23. The van der Waals surface area contributed by atoms with Crippen molar-refractivity contribution < 1.29 is 15.0 Å². The van der Waals surface area contributed by atoms with Gasteiger partial charge in [0.15, 0.2) is 0 Å². The highest BCUT2D eigenvalue weighted by atomic mass is 35.5. The molecule has 22 heavy (non-hydrogen) atoms. The van der Waals surface area contributed by atoms with Crippen LogP contribution < -0.4 is 5.43 Å². The Morgan fingerprint density at radius 2 is 1.82 bits per heavy atom. The van der Waals surface area contributed by atoms with Crippen molar-refractivity contribution in [1.82, 2.24) is 0 Å². The number of nitrogens with one attached hydrogen (secondary N) is 1. The van der Waals surface area contributed by atoms with Gasteiger partial charge in [-0.25, -0.2) is 4.79 Å². The fourth-order valence-electron chi connectivity index (χ4n) is 1.87. The normalized spacial score (nSPS) is 11.3. The maximum Gasteiger partial charge on any atom is 0.335 e. The molecule has 0 fully saturated rings. The monoisotopic (exact) mass is 318 g/mol. The molecule has 0 aliphatic carbocycles. The molecule has 2 rings (SSSR count). The SMILES string of the molecule is CC/C(=N\Nc1cc(C(=O)O)ccc1Cl)c1ccc(O)cc1. The number of carboxylic acid groups (broad SMARTS) is 1. The Morgan fingerprint density at radius 3 is 2.41 bits per heavy atom. The van der Waals surface area contributed by atoms with Gasteiger partial charge in [-0.15, -0.1) is 0 Å². The van der Waals surface area contributed by atoms with E-state index in [-0.39, 0.29) is 11.3 Å². The number of hydrogen-bond acceptors (Lipinski definition) is 4. The summed E-state index contributed by atoms with van der Waals surface area (Å²) in [6.07, 6.45) is 0.661. The lowest BCUT2D eigenvalue weighted by Gasteiger charge is -2.08. The van der Waals surface area contributed by atoms with E-state index >= 15 is 0 Å². The zero-order valence-electron chi connectivity index (χ0n) is 11.9. The van der Waals surface area contributed by atoms with Crippen LogP contribution in [0.2, 0.25) is 5.02 Å². The first-order chi connectivity index (χ1) is 10.5. The molecule has 0 saturated carbocycles. The summed E-state index contributed by atoms with van der Waals surface area (Å²) in [5.41, 5.74) is 4.97. The highest BCUT2D eigenvalue weighted by molar-refractivity contribution is 6.33. The predicted molar refractivity (Wildman–Crippen MR) is 87.0 cm³/mol. The summed E-state index contributed by atoms with van der Waals surface area (Å²) in [7, 11) is 0. The smallest absolute Gasteiger partial charge is 0.335 e. The molecule has 2 aromatic rings. The molecule has 0 bridgehead atoms. The number of carboxylic acids is 1. The average molecular weight is 319 g/mol. The fourth-order valence-corrected chi connectivity index (χ4v) is 2.03. The quantitative estimate of drug-likeness (QED) is 0.575. The second kappa shape index (κ2) is 6.95. The molecule has 0 heterocycles. The van der Waals surface area contributed by atoms with Crippen LogP contribution in [0.3, 0.4) is 0 Å². The number of hydrogen-bond donors (Lipinski definition) is 3. The summed E-state index contributed by atoms with van der Waals surface area (Å²) < 4.78 is 0. The van der Waals surface area contributed by atoms with Crippen molar-refractivity contribution in [3.05, 3.63) is 58.6 Å². The first kappa shape index (κ1) is 15.9. The molecule has 0 atom stereocenters. The van der Waals surface area contributed by atoms with E-state index in [0.29, 0.717) is 17.1 Å². The van der Waals surface area contributed by atoms with Crippen molar-refractivity contribution in [2.24, 2.45) is 5.10 Å². The number of hydrazone groups is 1. The summed E-state index contributed by atoms with van der Waals surface area (Å²) >= 11 is 6.04. The van der Waals surface area contributed by atoms with Crippen molar-refractivity contribution in [2.45, 2.75) is 13.3 Å². The van der Waals surface area contributed by atoms with Crippen LogP contribution in [0, 0.1) is 0 Å². The maximum atomic E-state index is 11.0. The van der Waals surface area contributed by atoms with Gasteiger partial charge in [-0.3, -0.25) is 5.43 Å². The van der Waals surface area contributed by atoms with E-state index in [1.807, 2.05) is 6.92 Å². The van der Waals surface area contributed by atoms with Crippen LogP contribution in [0.25, 0.3) is 0 Å². The van der Waals surface area contributed by atoms with Crippen molar-refractivity contribution >= 4 is 29.0 Å². The average Bonchev–Trinajstić information content (AvgIpc) is 2.50. The van der Waals surface area contributed by atoms with E-state index in [0.717, 1.165) is 11.3 Å². The Labute approximate surface area is 132 Å². The number of aromatic hydroxyl groups is 1. The van der Waals surface area contributed by atoms with Crippen molar-refractivity contribution in [1.29, 1.82) is 0 Å². The highest BCUT2D eigenvalue weighted by Gasteiger charge is 2.07. The van der Waals surface area contributed by atoms with Gasteiger partial charge in [0, 0.05) is 0 Å². The Morgan fingerprint density at radius 1 is 1.18 bits per heavy atom. The van der Waals surface area contributed by atoms with E-state index in [2.05, 4.69) is 10.5 Å². The van der Waals surface area contributed by atoms with E-state index in [9.17, 15) is 9.90 Å². The number of phenols is 1. The number of nitrogens with zero attached hydrogens (tertiary/aromatic N) is 1. The Hall–Kier alpha value is -2.53. The third kappa shape index (κ3) is 3.77. The van der Waals surface area contributed by atoms with Gasteiger partial charge in [0.2, 0.25) is 0 Å². The topological polar surface area (TPSA) is 81.9 Å². The van der Waals surface area contributed by atoms with Gasteiger partial charge in [-0.05, 0) is 54.4 Å². The van der Waals surface area contributed by atoms with Crippen LogP contribution in [-0.2, 0) is 0 Å². The minimum absolute atomic E-state index is 0.129. The fraction of sp³-hybridized carbons (Fsp3) is 0.125. The van der Waals surface area contributed by atoms with Gasteiger partial charge in [-0.1, -0.05) is 18.5 Å². The minimum Gasteiger partial charge on any atom is -0.508 e. The second-order valence-corrected chi connectivity index (χ2v) is 4.98. The molecule has 0 aliphatic heterocycles. The zero-order valence-corrected chi connectivity index (χ0v) is 12.6. The molecule has 3 N–H and O–H groups in total. The van der Waals surface area contributed by atoms with Gasteiger partial charge in [-0.2, -0.15) is 5.10 Å². The standard InChI is InChI=1S/C16H15ClN2O3/c1-2-14(10-3-6-12(20)7-4-10)18-19-15-9-11(16(21)22)5-8-13(15)17/h3-9,19-20H,2H2,1H3,(H,21,22)/b18-14+. The minimum atomic E-state index is -1.03. The number of rotatable bonds is 5. The number of aromatic carboxylic acids is 1. The molecule has 0 aromatic heterocycles. The Bertz CT molecular complexity index is 712. The summed E-state index contributed by atoms with van der Waals surface area (Å²) in [6.45, 7) is 1.95. The third-order valence-electron chi connectivity index (χ3n) is 3.06. The van der Waals surface area contributed by atoms with E-state index in [4.69, 9.17) is 16.7 Å². The largest absolute Gasteiger partial charge is 0.508 e. The van der Waals surface area contributed by atoms with Crippen LogP contribution in [-0.4, -0.2) is 21.9 Å². The van der Waals surface area contributed by atoms with Crippen LogP contribution >= 0.6 is 11.6 Å². The van der Waals surface area contributed by atoms with E-state index in [1.54, 1.807) is 24.3 Å². The van der Waals surface area contributed by atoms with Crippen LogP contribution in [0.4, 0.5) is 5.69 Å². The van der Waals surface area contributed by atoms with Crippen LogP contribution in [0.15, 0.2) is 47.6 Å². The summed E-state index contributed by atoms with van der Waals surface area (Å²) in [5, 5.41) is 23.0. The second-order valence-electron chi connectivity index (χ2n) is 4.57. The zero-order chi connectivity index (χ0) is 16.1. The van der Waals surface area contributed by atoms with Crippen molar-refractivity contribution in [3.63, 3.8) is 0 Å². The molecule has 0 spiro atoms. The van der Waals surface area contributed by atoms with Crippen LogP contribution in [0.5, 0.6) is 5.75 Å². The van der Waals surface area contributed by atoms with Gasteiger partial charge >= 0.3 is 5.97 Å². The summed E-state index contributed by atoms with van der Waals surface area (Å²) in [5.74, 6) is -0.845. The predicted octanol–water partition coefficient (Wildman–Crippen LogP) is 3.97. The molecule has 5 nitrogen and oxygen atoms in total. The lowest BCUT2D eigenvalue weighted by molar-refractivity contribution is 0.0697. The number of anilines is 1. The molecule has 6 heteroatoms. The lowest BCUT2D eigenvalue weighted by Crippen LogP contribution is -2.04. The number of carbonyl (C=O) groups is 1. The van der Waals surface area contributed by atoms with E-state index in [1.165, 1.54) is 18.2 Å². The molecule has 114 valence electrons. The molecule has 0 radical (unpaired) electrons. The first-order valence-electron chi connectivity index (χ1n) is 6.66. The lowest BCUT2D eigenvalue weighted by atomic mass is 10.1. The third-order valence-corrected chi connectivity index (χ3v) is 3.39. The first-order valence-corrected chi connectivity index (χ1v) is 7.04. The van der Waals surface area contributed by atoms with Gasteiger partial charge < -0.3 is 10.2 Å². The molecular formula is C16H15ClN2O3. The molecule has 0 unspecified atom stereocenters. The Balaban J connectivity index is 2.27.